The molecule has 54 heavy (non-hydrogen) atoms. The number of hydrogen-bond donors (Lipinski definition) is 7. The number of phosphoric acid groups is 1. The molecule has 0 saturated carbocycles. The van der Waals surface area contributed by atoms with E-state index in [9.17, 15) is 39.2 Å². The number of amides is 3. The molecular weight excluding hydrogens is 732 g/mol. The Bertz CT molecular complexity index is 1320. The highest BCUT2D eigenvalue weighted by Crippen LogP contribution is 2.48. The first-order valence-corrected chi connectivity index (χ1v) is 19.9. The first-order valence-electron chi connectivity index (χ1n) is 18.4. The summed E-state index contributed by atoms with van der Waals surface area (Å²) >= 11 is 0. The Kier molecular flexibility index (Phi) is 20.2. The molecule has 2 heterocycles. The fourth-order valence-corrected chi connectivity index (χ4v) is 7.01. The number of phosphoric ester groups is 1. The highest BCUT2D eigenvalue weighted by atomic mass is 31.2. The lowest BCUT2D eigenvalue weighted by Gasteiger charge is -2.42. The lowest BCUT2D eigenvalue weighted by Crippen LogP contribution is -2.64. The van der Waals surface area contributed by atoms with E-state index in [1.807, 2.05) is 38.2 Å². The van der Waals surface area contributed by atoms with Crippen LogP contribution in [0.15, 0.2) is 30.3 Å². The predicted octanol–water partition coefficient (Wildman–Crippen LogP) is 0.826. The standard InChI is InChI=1S/C34H57BN3O15P/c1-22(40)38-27-29(42)28(41)25(19-39)52-32(27)48-18-12-11-17-37-33(43)36-16-10-5-3-4-9-15-24-30(53-54(45,46)47-2)26(51-31(24)35)21-50-34(44)49-20-23-13-7-6-8-14-23/h6-8,13-14,24-32,39,41-42H,3-5,9-12,15-21,35H2,1-2H3,(H,38,40)(H,45,46)(H2,36,37,43)/t24-,25+,26+,27+,28-,29+,30?,31+,32+/m0/s1. The molecule has 2 fully saturated rings. The van der Waals surface area contributed by atoms with Crippen molar-refractivity contribution in [3.63, 3.8) is 0 Å². The van der Waals surface area contributed by atoms with Gasteiger partial charge in [-0.15, -0.1) is 0 Å². The van der Waals surface area contributed by atoms with Gasteiger partial charge in [-0.3, -0.25) is 13.8 Å². The van der Waals surface area contributed by atoms with E-state index < -0.39 is 69.3 Å². The summed E-state index contributed by atoms with van der Waals surface area (Å²) in [6.45, 7) is 1.65. The number of rotatable bonds is 23. The zero-order chi connectivity index (χ0) is 39.5. The number of unbranched alkanes of at least 4 members (excludes halogenated alkanes) is 5. The van der Waals surface area contributed by atoms with Gasteiger partial charge in [-0.2, -0.15) is 0 Å². The van der Waals surface area contributed by atoms with E-state index in [0.717, 1.165) is 44.8 Å². The van der Waals surface area contributed by atoms with Crippen molar-refractivity contribution in [3.8, 4) is 0 Å². The van der Waals surface area contributed by atoms with Crippen LogP contribution in [0.1, 0.15) is 63.9 Å². The molecule has 2 aliphatic rings. The van der Waals surface area contributed by atoms with Gasteiger partial charge in [-0.1, -0.05) is 56.0 Å². The van der Waals surface area contributed by atoms with E-state index in [0.29, 0.717) is 32.4 Å². The van der Waals surface area contributed by atoms with E-state index >= 15 is 0 Å². The molecule has 0 aromatic heterocycles. The van der Waals surface area contributed by atoms with E-state index in [4.69, 9.17) is 28.2 Å². The third-order valence-electron chi connectivity index (χ3n) is 9.22. The SMILES string of the molecule is B[C@@H]1O[C@H](COC(=O)OCc2ccccc2)C(OP(=O)(O)OC)[C@@H]1CCCCCCCNC(=O)NCCCCO[C@@H]1O[C@H](CO)[C@H](O)[C@H](O)[C@H]1NC(C)=O. The smallest absolute Gasteiger partial charge is 0.431 e. The molecule has 0 spiro atoms. The van der Waals surface area contributed by atoms with Crippen LogP contribution in [0.25, 0.3) is 0 Å². The number of aliphatic hydroxyl groups excluding tert-OH is 3. The van der Waals surface area contributed by atoms with Crippen LogP contribution >= 0.6 is 7.82 Å². The number of benzene rings is 1. The summed E-state index contributed by atoms with van der Waals surface area (Å²) in [6, 6.07) is 7.51. The molecule has 0 bridgehead atoms. The van der Waals surface area contributed by atoms with Gasteiger partial charge in [0.25, 0.3) is 0 Å². The van der Waals surface area contributed by atoms with Crippen molar-refractivity contribution in [3.05, 3.63) is 35.9 Å². The third kappa shape index (κ3) is 15.7. The first kappa shape index (κ1) is 45.6. The summed E-state index contributed by atoms with van der Waals surface area (Å²) in [5.74, 6) is -0.677. The minimum atomic E-state index is -4.36. The second-order valence-electron chi connectivity index (χ2n) is 13.3. The molecule has 20 heteroatoms. The number of aliphatic hydroxyl groups is 3. The van der Waals surface area contributed by atoms with Crippen molar-refractivity contribution in [1.29, 1.82) is 0 Å². The Hall–Kier alpha value is -2.84. The third-order valence-corrected chi connectivity index (χ3v) is 10.2. The van der Waals surface area contributed by atoms with Gasteiger partial charge < -0.3 is 59.8 Å². The van der Waals surface area contributed by atoms with Crippen molar-refractivity contribution in [1.82, 2.24) is 16.0 Å². The van der Waals surface area contributed by atoms with Crippen LogP contribution in [0.2, 0.25) is 0 Å². The Labute approximate surface area is 316 Å². The number of urea groups is 1. The molecule has 10 atom stereocenters. The monoisotopic (exact) mass is 789 g/mol. The van der Waals surface area contributed by atoms with E-state index in [1.165, 1.54) is 6.92 Å². The van der Waals surface area contributed by atoms with Crippen LogP contribution in [0.4, 0.5) is 9.59 Å². The maximum Gasteiger partial charge on any atom is 0.508 e. The minimum Gasteiger partial charge on any atom is -0.431 e. The van der Waals surface area contributed by atoms with E-state index in [2.05, 4.69) is 20.5 Å². The van der Waals surface area contributed by atoms with Crippen LogP contribution < -0.4 is 16.0 Å². The Morgan fingerprint density at radius 1 is 0.907 bits per heavy atom. The van der Waals surface area contributed by atoms with Gasteiger partial charge in [0.15, 0.2) is 6.29 Å². The van der Waals surface area contributed by atoms with E-state index in [1.54, 1.807) is 0 Å². The van der Waals surface area contributed by atoms with Gasteiger partial charge in [0.1, 0.15) is 57.6 Å². The molecule has 0 radical (unpaired) electrons. The topological polar surface area (TPSA) is 250 Å². The van der Waals surface area contributed by atoms with Crippen molar-refractivity contribution in [2.45, 2.75) is 114 Å². The predicted molar refractivity (Wildman–Crippen MR) is 195 cm³/mol. The maximum absolute atomic E-state index is 12.3. The van der Waals surface area contributed by atoms with Gasteiger partial charge in [0.05, 0.1) is 6.61 Å². The summed E-state index contributed by atoms with van der Waals surface area (Å²) in [7, 11) is -1.43. The average molecular weight is 790 g/mol. The average Bonchev–Trinajstić information content (AvgIpc) is 3.43. The molecule has 2 saturated heterocycles. The first-order chi connectivity index (χ1) is 25.8. The Morgan fingerprint density at radius 3 is 2.24 bits per heavy atom. The highest BCUT2D eigenvalue weighted by molar-refractivity contribution is 7.47. The fourth-order valence-electron chi connectivity index (χ4n) is 6.32. The van der Waals surface area contributed by atoms with Crippen LogP contribution in [0.5, 0.6) is 0 Å². The molecule has 306 valence electrons. The fraction of sp³-hybridized carbons (Fsp3) is 0.735. The second kappa shape index (κ2) is 23.9. The number of ether oxygens (including phenoxy) is 5. The zero-order valence-electron chi connectivity index (χ0n) is 31.2. The Morgan fingerprint density at radius 2 is 1.57 bits per heavy atom. The maximum atomic E-state index is 12.3. The number of hydrogen-bond acceptors (Lipinski definition) is 14. The highest BCUT2D eigenvalue weighted by Gasteiger charge is 2.47. The second-order valence-corrected chi connectivity index (χ2v) is 14.9. The summed E-state index contributed by atoms with van der Waals surface area (Å²) in [4.78, 5) is 46.0. The molecule has 3 amide bonds. The minimum absolute atomic E-state index is 0.0396. The number of carbonyl (C=O) groups excluding carboxylic acids is 3. The normalized spacial score (nSPS) is 27.8. The quantitative estimate of drug-likeness (QED) is 0.0351. The zero-order valence-corrected chi connectivity index (χ0v) is 32.1. The lowest BCUT2D eigenvalue weighted by atomic mass is 9.81. The summed E-state index contributed by atoms with van der Waals surface area (Å²) in [5, 5.41) is 38.0. The molecule has 18 nitrogen and oxygen atoms in total. The van der Waals surface area contributed by atoms with Gasteiger partial charge in [-0.25, -0.2) is 14.2 Å². The van der Waals surface area contributed by atoms with Gasteiger partial charge in [0, 0.05) is 45.7 Å². The van der Waals surface area contributed by atoms with Gasteiger partial charge in [0.2, 0.25) is 5.91 Å². The van der Waals surface area contributed by atoms with Crippen molar-refractivity contribution < 1.29 is 71.9 Å². The van der Waals surface area contributed by atoms with Crippen LogP contribution in [-0.4, -0.2) is 135 Å². The van der Waals surface area contributed by atoms with Crippen LogP contribution in [0.3, 0.4) is 0 Å². The number of nitrogens with one attached hydrogen (secondary N) is 3. The largest absolute Gasteiger partial charge is 0.508 e. The Balaban J connectivity index is 1.26. The molecule has 2 aliphatic heterocycles. The molecule has 0 aliphatic carbocycles. The molecule has 1 aromatic rings. The van der Waals surface area contributed by atoms with Crippen molar-refractivity contribution >= 4 is 33.8 Å². The van der Waals surface area contributed by atoms with Crippen molar-refractivity contribution in [2.75, 3.05) is 40.0 Å². The molecule has 1 aromatic carbocycles. The summed E-state index contributed by atoms with van der Waals surface area (Å²) in [5.41, 5.74) is 0.800. The summed E-state index contributed by atoms with van der Waals surface area (Å²) < 4.78 is 50.0. The van der Waals surface area contributed by atoms with Crippen LogP contribution in [0, 0.1) is 5.92 Å². The van der Waals surface area contributed by atoms with Gasteiger partial charge >= 0.3 is 20.0 Å². The molecular formula is C34H57BN3O15P. The molecule has 3 rings (SSSR count). The van der Waals surface area contributed by atoms with Gasteiger partial charge in [-0.05, 0) is 31.2 Å². The molecule has 7 N–H and O–H groups in total. The van der Waals surface area contributed by atoms with Crippen LogP contribution in [-0.2, 0) is 48.7 Å². The lowest BCUT2D eigenvalue weighted by molar-refractivity contribution is -0.270. The van der Waals surface area contributed by atoms with E-state index in [-0.39, 0.29) is 37.8 Å². The molecule has 2 unspecified atom stereocenters. The summed E-state index contributed by atoms with van der Waals surface area (Å²) in [6.07, 6.45) is -1.35. The van der Waals surface area contributed by atoms with Crippen molar-refractivity contribution in [2.24, 2.45) is 5.92 Å². The number of carbonyl (C=O) groups is 3.